The van der Waals surface area contributed by atoms with Crippen LogP contribution in [-0.4, -0.2) is 33.8 Å². The SMILES string of the molecule is O=C1c2ccccc2C(=O)N1[C@@H]1CCCC[C@H]1Oc1ccccn1. The molecule has 5 heteroatoms. The number of ether oxygens (including phenoxy) is 1. The van der Waals surface area contributed by atoms with Crippen LogP contribution in [0.4, 0.5) is 0 Å². The fourth-order valence-corrected chi connectivity index (χ4v) is 3.59. The molecule has 0 spiro atoms. The Bertz CT molecular complexity index is 740. The second-order valence-corrected chi connectivity index (χ2v) is 6.20. The van der Waals surface area contributed by atoms with Crippen LogP contribution in [0.25, 0.3) is 0 Å². The van der Waals surface area contributed by atoms with E-state index in [1.807, 2.05) is 12.1 Å². The summed E-state index contributed by atoms with van der Waals surface area (Å²) in [6.45, 7) is 0. The highest BCUT2D eigenvalue weighted by atomic mass is 16.5. The molecule has 2 aliphatic rings. The molecule has 2 atom stereocenters. The van der Waals surface area contributed by atoms with E-state index in [0.717, 1.165) is 25.7 Å². The van der Waals surface area contributed by atoms with Crippen molar-refractivity contribution in [2.75, 3.05) is 0 Å². The zero-order valence-corrected chi connectivity index (χ0v) is 13.2. The molecular formula is C19H18N2O3. The molecule has 1 fully saturated rings. The number of imide groups is 1. The van der Waals surface area contributed by atoms with Gasteiger partial charge in [-0.3, -0.25) is 14.5 Å². The maximum atomic E-state index is 12.7. The molecule has 2 amide bonds. The summed E-state index contributed by atoms with van der Waals surface area (Å²) in [5, 5.41) is 0. The molecule has 1 aromatic heterocycles. The van der Waals surface area contributed by atoms with Gasteiger partial charge in [-0.25, -0.2) is 4.98 Å². The van der Waals surface area contributed by atoms with Gasteiger partial charge in [0.25, 0.3) is 11.8 Å². The van der Waals surface area contributed by atoms with Gasteiger partial charge in [-0.1, -0.05) is 24.6 Å². The van der Waals surface area contributed by atoms with Gasteiger partial charge in [0, 0.05) is 12.3 Å². The summed E-state index contributed by atoms with van der Waals surface area (Å²) in [5.41, 5.74) is 0.981. The van der Waals surface area contributed by atoms with E-state index in [0.29, 0.717) is 17.0 Å². The monoisotopic (exact) mass is 322 g/mol. The molecule has 24 heavy (non-hydrogen) atoms. The minimum Gasteiger partial charge on any atom is -0.472 e. The van der Waals surface area contributed by atoms with Crippen LogP contribution in [0, 0.1) is 0 Å². The van der Waals surface area contributed by atoms with Gasteiger partial charge in [-0.05, 0) is 37.5 Å². The van der Waals surface area contributed by atoms with Crippen LogP contribution in [0.1, 0.15) is 46.4 Å². The quantitative estimate of drug-likeness (QED) is 0.815. The van der Waals surface area contributed by atoms with E-state index in [-0.39, 0.29) is 24.0 Å². The molecule has 1 aliphatic carbocycles. The number of rotatable bonds is 3. The van der Waals surface area contributed by atoms with Crippen LogP contribution in [0.5, 0.6) is 5.88 Å². The number of carbonyl (C=O) groups excluding carboxylic acids is 2. The lowest BCUT2D eigenvalue weighted by molar-refractivity contribution is 0.0273. The first-order valence-corrected chi connectivity index (χ1v) is 8.30. The smallest absolute Gasteiger partial charge is 0.261 e. The predicted molar refractivity (Wildman–Crippen MR) is 87.9 cm³/mol. The molecule has 5 nitrogen and oxygen atoms in total. The maximum Gasteiger partial charge on any atom is 0.261 e. The number of benzene rings is 1. The van der Waals surface area contributed by atoms with Crippen LogP contribution in [0.15, 0.2) is 48.7 Å². The largest absolute Gasteiger partial charge is 0.472 e. The Balaban J connectivity index is 1.62. The number of amides is 2. The zero-order valence-electron chi connectivity index (χ0n) is 13.2. The first-order valence-electron chi connectivity index (χ1n) is 8.30. The second kappa shape index (κ2) is 6.07. The molecule has 1 aliphatic heterocycles. The minimum absolute atomic E-state index is 0.211. The number of fused-ring (bicyclic) bond motifs is 1. The molecule has 0 radical (unpaired) electrons. The summed E-state index contributed by atoms with van der Waals surface area (Å²) in [6, 6.07) is 12.3. The molecule has 2 heterocycles. The number of carbonyl (C=O) groups is 2. The summed E-state index contributed by atoms with van der Waals surface area (Å²) in [5.74, 6) is 0.111. The summed E-state index contributed by atoms with van der Waals surface area (Å²) >= 11 is 0. The summed E-state index contributed by atoms with van der Waals surface area (Å²) in [6.07, 6.45) is 5.06. The molecule has 1 aromatic carbocycles. The highest BCUT2D eigenvalue weighted by molar-refractivity contribution is 6.21. The molecule has 2 aromatic rings. The van der Waals surface area contributed by atoms with E-state index in [9.17, 15) is 9.59 Å². The summed E-state index contributed by atoms with van der Waals surface area (Å²) < 4.78 is 6.02. The van der Waals surface area contributed by atoms with E-state index in [4.69, 9.17) is 4.74 Å². The topological polar surface area (TPSA) is 59.5 Å². The Hall–Kier alpha value is -2.69. The fraction of sp³-hybridized carbons (Fsp3) is 0.316. The van der Waals surface area contributed by atoms with Crippen molar-refractivity contribution in [3.05, 3.63) is 59.8 Å². The van der Waals surface area contributed by atoms with E-state index < -0.39 is 0 Å². The van der Waals surface area contributed by atoms with Gasteiger partial charge in [0.15, 0.2) is 0 Å². The Morgan fingerprint density at radius 3 is 2.25 bits per heavy atom. The molecule has 0 unspecified atom stereocenters. The first kappa shape index (κ1) is 14.9. The van der Waals surface area contributed by atoms with Crippen molar-refractivity contribution in [2.45, 2.75) is 37.8 Å². The third-order valence-electron chi connectivity index (χ3n) is 4.73. The third-order valence-corrected chi connectivity index (χ3v) is 4.73. The Morgan fingerprint density at radius 2 is 1.58 bits per heavy atom. The summed E-state index contributed by atoms with van der Waals surface area (Å²) in [7, 11) is 0. The van der Waals surface area contributed by atoms with Crippen molar-refractivity contribution in [2.24, 2.45) is 0 Å². The predicted octanol–water partition coefficient (Wildman–Crippen LogP) is 3.07. The Labute approximate surface area is 140 Å². The molecule has 0 saturated heterocycles. The number of aromatic nitrogens is 1. The zero-order chi connectivity index (χ0) is 16.5. The van der Waals surface area contributed by atoms with Crippen molar-refractivity contribution >= 4 is 11.8 Å². The molecule has 0 N–H and O–H groups in total. The van der Waals surface area contributed by atoms with Gasteiger partial charge >= 0.3 is 0 Å². The van der Waals surface area contributed by atoms with Crippen LogP contribution >= 0.6 is 0 Å². The third kappa shape index (κ3) is 2.46. The Morgan fingerprint density at radius 1 is 0.917 bits per heavy atom. The first-order chi connectivity index (χ1) is 11.8. The lowest BCUT2D eigenvalue weighted by Gasteiger charge is -2.36. The van der Waals surface area contributed by atoms with Crippen molar-refractivity contribution < 1.29 is 14.3 Å². The van der Waals surface area contributed by atoms with Gasteiger partial charge in [-0.15, -0.1) is 0 Å². The van der Waals surface area contributed by atoms with Crippen molar-refractivity contribution in [3.8, 4) is 5.88 Å². The number of hydrogen-bond acceptors (Lipinski definition) is 4. The standard InChI is InChI=1S/C19H18N2O3/c22-18-13-7-1-2-8-14(13)19(23)21(18)15-9-3-4-10-16(15)24-17-11-5-6-12-20-17/h1-2,5-8,11-12,15-16H,3-4,9-10H2/t15-,16-/m1/s1. The molecular weight excluding hydrogens is 304 g/mol. The second-order valence-electron chi connectivity index (χ2n) is 6.20. The van der Waals surface area contributed by atoms with Gasteiger partial charge in [0.05, 0.1) is 17.2 Å². The maximum absolute atomic E-state index is 12.7. The molecule has 4 rings (SSSR count). The van der Waals surface area contributed by atoms with Crippen LogP contribution in [-0.2, 0) is 0 Å². The van der Waals surface area contributed by atoms with Crippen molar-refractivity contribution in [1.29, 1.82) is 0 Å². The van der Waals surface area contributed by atoms with E-state index in [1.165, 1.54) is 4.90 Å². The van der Waals surface area contributed by atoms with Gasteiger partial charge < -0.3 is 4.74 Å². The Kier molecular flexibility index (Phi) is 3.76. The average Bonchev–Trinajstić information content (AvgIpc) is 2.88. The lowest BCUT2D eigenvalue weighted by Crippen LogP contribution is -2.50. The molecule has 122 valence electrons. The van der Waals surface area contributed by atoms with Gasteiger partial charge in [-0.2, -0.15) is 0 Å². The van der Waals surface area contributed by atoms with Crippen molar-refractivity contribution in [3.63, 3.8) is 0 Å². The number of pyridine rings is 1. The lowest BCUT2D eigenvalue weighted by atomic mass is 9.91. The normalized spacial score (nSPS) is 23.2. The van der Waals surface area contributed by atoms with E-state index >= 15 is 0 Å². The van der Waals surface area contributed by atoms with Crippen LogP contribution < -0.4 is 4.74 Å². The molecule has 0 bridgehead atoms. The van der Waals surface area contributed by atoms with E-state index in [1.54, 1.807) is 36.5 Å². The summed E-state index contributed by atoms with van der Waals surface area (Å²) in [4.78, 5) is 31.1. The number of hydrogen-bond donors (Lipinski definition) is 0. The van der Waals surface area contributed by atoms with Gasteiger partial charge in [0.2, 0.25) is 5.88 Å². The average molecular weight is 322 g/mol. The number of nitrogens with zero attached hydrogens (tertiary/aromatic N) is 2. The van der Waals surface area contributed by atoms with Crippen LogP contribution in [0.2, 0.25) is 0 Å². The van der Waals surface area contributed by atoms with E-state index in [2.05, 4.69) is 4.98 Å². The molecule has 1 saturated carbocycles. The van der Waals surface area contributed by atoms with Crippen LogP contribution in [0.3, 0.4) is 0 Å². The highest BCUT2D eigenvalue weighted by Gasteiger charge is 2.44. The van der Waals surface area contributed by atoms with Crippen molar-refractivity contribution in [1.82, 2.24) is 9.88 Å². The fourth-order valence-electron chi connectivity index (χ4n) is 3.59. The van der Waals surface area contributed by atoms with Gasteiger partial charge in [0.1, 0.15) is 6.10 Å². The highest BCUT2D eigenvalue weighted by Crippen LogP contribution is 2.32. The minimum atomic E-state index is -0.242.